The average molecular weight is 280 g/mol. The van der Waals surface area contributed by atoms with Gasteiger partial charge in [-0.1, -0.05) is 6.07 Å². The lowest BCUT2D eigenvalue weighted by molar-refractivity contribution is -0.137. The monoisotopic (exact) mass is 280 g/mol. The first-order chi connectivity index (χ1) is 9.56. The van der Waals surface area contributed by atoms with Crippen LogP contribution in [-0.2, 0) is 17.8 Å². The van der Waals surface area contributed by atoms with Crippen LogP contribution in [0.5, 0.6) is 0 Å². The van der Waals surface area contributed by atoms with Gasteiger partial charge >= 0.3 is 12.0 Å². The van der Waals surface area contributed by atoms with E-state index in [9.17, 15) is 14.0 Å². The second-order valence-corrected chi connectivity index (χ2v) is 4.81. The molecule has 1 aliphatic heterocycles. The molecule has 0 saturated carbocycles. The van der Waals surface area contributed by atoms with E-state index >= 15 is 0 Å². The maximum atomic E-state index is 13.2. The molecule has 0 aliphatic carbocycles. The number of nitrogens with one attached hydrogen (secondary N) is 1. The maximum Gasteiger partial charge on any atom is 0.317 e. The molecule has 108 valence electrons. The summed E-state index contributed by atoms with van der Waals surface area (Å²) in [6.07, 6.45) is 1.15. The zero-order valence-corrected chi connectivity index (χ0v) is 11.1. The van der Waals surface area contributed by atoms with E-state index in [1.54, 1.807) is 11.0 Å². The summed E-state index contributed by atoms with van der Waals surface area (Å²) in [6.45, 7) is 1.30. The lowest BCUT2D eigenvalue weighted by Crippen LogP contribution is -2.43. The molecule has 0 atom stereocenters. The van der Waals surface area contributed by atoms with Gasteiger partial charge in [0.05, 0.1) is 0 Å². The normalized spacial score (nSPS) is 13.8. The van der Waals surface area contributed by atoms with Gasteiger partial charge in [0, 0.05) is 26.1 Å². The Morgan fingerprint density at radius 1 is 1.35 bits per heavy atom. The van der Waals surface area contributed by atoms with Crippen LogP contribution in [0.1, 0.15) is 24.0 Å². The minimum Gasteiger partial charge on any atom is -0.481 e. The van der Waals surface area contributed by atoms with E-state index < -0.39 is 5.97 Å². The highest BCUT2D eigenvalue weighted by molar-refractivity contribution is 5.74. The number of fused-ring (bicyclic) bond motifs is 1. The second kappa shape index (κ2) is 6.36. The van der Waals surface area contributed by atoms with Gasteiger partial charge in [-0.15, -0.1) is 0 Å². The number of aliphatic carboxylic acids is 1. The zero-order chi connectivity index (χ0) is 14.5. The van der Waals surface area contributed by atoms with Crippen molar-refractivity contribution in [1.29, 1.82) is 0 Å². The molecule has 1 aromatic rings. The van der Waals surface area contributed by atoms with Crippen molar-refractivity contribution >= 4 is 12.0 Å². The molecule has 0 fully saturated rings. The van der Waals surface area contributed by atoms with E-state index in [4.69, 9.17) is 5.11 Å². The summed E-state index contributed by atoms with van der Waals surface area (Å²) >= 11 is 0. The number of nitrogens with zero attached hydrogens (tertiary/aromatic N) is 1. The fourth-order valence-electron chi connectivity index (χ4n) is 2.25. The van der Waals surface area contributed by atoms with Crippen molar-refractivity contribution in [2.75, 3.05) is 13.1 Å². The quantitative estimate of drug-likeness (QED) is 0.826. The summed E-state index contributed by atoms with van der Waals surface area (Å²) in [5.74, 6) is -1.17. The summed E-state index contributed by atoms with van der Waals surface area (Å²) < 4.78 is 13.2. The largest absolute Gasteiger partial charge is 0.481 e. The van der Waals surface area contributed by atoms with Gasteiger partial charge in [-0.3, -0.25) is 4.79 Å². The molecule has 1 aromatic carbocycles. The molecule has 2 N–H and O–H groups in total. The lowest BCUT2D eigenvalue weighted by Gasteiger charge is -2.29. The van der Waals surface area contributed by atoms with Crippen LogP contribution in [-0.4, -0.2) is 35.1 Å². The molecule has 20 heavy (non-hydrogen) atoms. The van der Waals surface area contributed by atoms with Crippen molar-refractivity contribution in [3.8, 4) is 0 Å². The standard InChI is InChI=1S/C14H17FN2O3/c15-12-4-3-10-5-7-17(9-11(10)8-12)14(20)16-6-1-2-13(18)19/h3-4,8H,1-2,5-7,9H2,(H,16,20)(H,18,19). The van der Waals surface area contributed by atoms with Crippen molar-refractivity contribution in [3.05, 3.63) is 35.1 Å². The third-order valence-electron chi connectivity index (χ3n) is 3.31. The third-order valence-corrected chi connectivity index (χ3v) is 3.31. The Labute approximate surface area is 116 Å². The fraction of sp³-hybridized carbons (Fsp3) is 0.429. The van der Waals surface area contributed by atoms with E-state index in [0.717, 1.165) is 11.1 Å². The number of hydrogen-bond acceptors (Lipinski definition) is 2. The van der Waals surface area contributed by atoms with E-state index in [1.807, 2.05) is 0 Å². The molecule has 0 bridgehead atoms. The topological polar surface area (TPSA) is 69.6 Å². The fourth-order valence-corrected chi connectivity index (χ4v) is 2.25. The van der Waals surface area contributed by atoms with Gasteiger partial charge in [-0.25, -0.2) is 9.18 Å². The molecule has 0 saturated heterocycles. The van der Waals surface area contributed by atoms with Crippen LogP contribution < -0.4 is 5.32 Å². The molecule has 0 radical (unpaired) electrons. The summed E-state index contributed by atoms with van der Waals surface area (Å²) in [6, 6.07) is 4.41. The van der Waals surface area contributed by atoms with Gasteiger partial charge in [0.2, 0.25) is 0 Å². The number of rotatable bonds is 4. The van der Waals surface area contributed by atoms with Gasteiger partial charge in [0.15, 0.2) is 0 Å². The van der Waals surface area contributed by atoms with Crippen LogP contribution in [0, 0.1) is 5.82 Å². The molecule has 0 aromatic heterocycles. The molecular formula is C14H17FN2O3. The van der Waals surface area contributed by atoms with Crippen LogP contribution in [0.3, 0.4) is 0 Å². The molecular weight excluding hydrogens is 263 g/mol. The Kier molecular flexibility index (Phi) is 4.55. The predicted molar refractivity (Wildman–Crippen MR) is 70.8 cm³/mol. The number of amides is 2. The van der Waals surface area contributed by atoms with Crippen LogP contribution in [0.25, 0.3) is 0 Å². The molecule has 5 nitrogen and oxygen atoms in total. The number of carboxylic acids is 1. The highest BCUT2D eigenvalue weighted by Gasteiger charge is 2.20. The highest BCUT2D eigenvalue weighted by atomic mass is 19.1. The van der Waals surface area contributed by atoms with Crippen LogP contribution in [0.15, 0.2) is 18.2 Å². The summed E-state index contributed by atoms with van der Waals surface area (Å²) in [7, 11) is 0. The molecule has 1 aliphatic rings. The van der Waals surface area contributed by atoms with Gasteiger partial charge in [-0.2, -0.15) is 0 Å². The number of carbonyl (C=O) groups excluding carboxylic acids is 1. The van der Waals surface area contributed by atoms with E-state index in [1.165, 1.54) is 12.1 Å². The highest BCUT2D eigenvalue weighted by Crippen LogP contribution is 2.19. The van der Waals surface area contributed by atoms with Gasteiger partial charge in [-0.05, 0) is 36.1 Å². The van der Waals surface area contributed by atoms with Crippen molar-refractivity contribution < 1.29 is 19.1 Å². The Hall–Kier alpha value is -2.11. The number of halogens is 1. The second-order valence-electron chi connectivity index (χ2n) is 4.81. The van der Waals surface area contributed by atoms with Crippen molar-refractivity contribution in [2.45, 2.75) is 25.8 Å². The van der Waals surface area contributed by atoms with Crippen LogP contribution >= 0.6 is 0 Å². The zero-order valence-electron chi connectivity index (χ0n) is 11.1. The minimum atomic E-state index is -0.873. The molecule has 0 unspecified atom stereocenters. The number of carboxylic acid groups (broad SMARTS) is 1. The van der Waals surface area contributed by atoms with E-state index in [0.29, 0.717) is 32.5 Å². The Morgan fingerprint density at radius 2 is 2.15 bits per heavy atom. The Bertz CT molecular complexity index is 519. The number of urea groups is 1. The van der Waals surface area contributed by atoms with Crippen LogP contribution in [0.2, 0.25) is 0 Å². The van der Waals surface area contributed by atoms with Gasteiger partial charge < -0.3 is 15.3 Å². The molecule has 0 spiro atoms. The van der Waals surface area contributed by atoms with Crippen molar-refractivity contribution in [2.24, 2.45) is 0 Å². The molecule has 2 rings (SSSR count). The minimum absolute atomic E-state index is 0.0360. The average Bonchev–Trinajstić information content (AvgIpc) is 2.42. The van der Waals surface area contributed by atoms with Gasteiger partial charge in [0.25, 0.3) is 0 Å². The smallest absolute Gasteiger partial charge is 0.317 e. The maximum absolute atomic E-state index is 13.2. The SMILES string of the molecule is O=C(O)CCCNC(=O)N1CCc2ccc(F)cc2C1. The van der Waals surface area contributed by atoms with Crippen molar-refractivity contribution in [1.82, 2.24) is 10.2 Å². The van der Waals surface area contributed by atoms with Crippen LogP contribution in [0.4, 0.5) is 9.18 Å². The summed E-state index contributed by atoms with van der Waals surface area (Å²) in [5, 5.41) is 11.2. The third kappa shape index (κ3) is 3.69. The molecule has 1 heterocycles. The first-order valence-electron chi connectivity index (χ1n) is 6.58. The van der Waals surface area contributed by atoms with Gasteiger partial charge in [0.1, 0.15) is 5.82 Å². The number of carbonyl (C=O) groups is 2. The Balaban J connectivity index is 1.85. The summed E-state index contributed by atoms with van der Waals surface area (Å²) in [4.78, 5) is 23.9. The summed E-state index contributed by atoms with van der Waals surface area (Å²) in [5.41, 5.74) is 1.90. The molecule has 6 heteroatoms. The predicted octanol–water partition coefficient (Wildman–Crippen LogP) is 1.76. The van der Waals surface area contributed by atoms with Crippen molar-refractivity contribution in [3.63, 3.8) is 0 Å². The van der Waals surface area contributed by atoms with E-state index in [-0.39, 0.29) is 18.3 Å². The first-order valence-corrected chi connectivity index (χ1v) is 6.58. The number of hydrogen-bond donors (Lipinski definition) is 2. The number of benzene rings is 1. The Morgan fingerprint density at radius 3 is 2.90 bits per heavy atom. The van der Waals surface area contributed by atoms with E-state index in [2.05, 4.69) is 5.32 Å². The lowest BCUT2D eigenvalue weighted by atomic mass is 10.00. The first kappa shape index (κ1) is 14.3. The molecule has 2 amide bonds.